The van der Waals surface area contributed by atoms with Crippen LogP contribution in [0.3, 0.4) is 0 Å². The third kappa shape index (κ3) is 4.46. The van der Waals surface area contributed by atoms with E-state index in [0.29, 0.717) is 51.9 Å². The van der Waals surface area contributed by atoms with Crippen molar-refractivity contribution in [1.82, 2.24) is 29.6 Å². The van der Waals surface area contributed by atoms with E-state index in [1.165, 1.54) is 22.4 Å². The van der Waals surface area contributed by atoms with Gasteiger partial charge in [-0.1, -0.05) is 38.1 Å². The van der Waals surface area contributed by atoms with Gasteiger partial charge in [0.25, 0.3) is 0 Å². The van der Waals surface area contributed by atoms with E-state index < -0.39 is 11.5 Å². The molecule has 236 valence electrons. The summed E-state index contributed by atoms with van der Waals surface area (Å²) in [6.07, 6.45) is 4.70. The lowest BCUT2D eigenvalue weighted by atomic mass is 9.94. The fraction of sp³-hybridized carbons (Fsp3) is 0.324. The monoisotopic (exact) mass is 657 g/mol. The molecule has 0 radical (unpaired) electrons. The number of pyridine rings is 1. The van der Waals surface area contributed by atoms with Crippen molar-refractivity contribution in [2.45, 2.75) is 57.5 Å². The minimum absolute atomic E-state index is 0.0569. The smallest absolute Gasteiger partial charge is 0.348 e. The van der Waals surface area contributed by atoms with Gasteiger partial charge in [0.2, 0.25) is 5.91 Å². The number of nitrogens with zero attached hydrogens (tertiary/aromatic N) is 6. The van der Waals surface area contributed by atoms with Gasteiger partial charge in [-0.15, -0.1) is 11.8 Å². The number of rotatable bonds is 4. The summed E-state index contributed by atoms with van der Waals surface area (Å²) in [5, 5.41) is 8.65. The van der Waals surface area contributed by atoms with Crippen molar-refractivity contribution in [3.05, 3.63) is 81.4 Å². The summed E-state index contributed by atoms with van der Waals surface area (Å²) in [6.45, 7) is 14.2. The summed E-state index contributed by atoms with van der Waals surface area (Å²) in [6, 6.07) is 5.23. The third-order valence-corrected chi connectivity index (χ3v) is 10.9. The van der Waals surface area contributed by atoms with Crippen LogP contribution in [0, 0.1) is 19.7 Å². The van der Waals surface area contributed by atoms with E-state index in [1.807, 2.05) is 57.7 Å². The third-order valence-electron chi connectivity index (χ3n) is 9.15. The van der Waals surface area contributed by atoms with Gasteiger partial charge in [0, 0.05) is 52.5 Å². The Hall–Kier alpha value is -4.22. The van der Waals surface area contributed by atoms with Crippen LogP contribution >= 0.6 is 23.4 Å². The number of aromatic nitrogens is 5. The van der Waals surface area contributed by atoms with E-state index in [1.54, 1.807) is 17.3 Å². The van der Waals surface area contributed by atoms with Crippen molar-refractivity contribution in [3.8, 4) is 16.8 Å². The highest BCUT2D eigenvalue weighted by molar-refractivity contribution is 7.99. The zero-order valence-electron chi connectivity index (χ0n) is 26.2. The van der Waals surface area contributed by atoms with Gasteiger partial charge in [-0.05, 0) is 56.0 Å². The number of thioether (sulfide) groups is 1. The molecular formula is C34H33ClFN7O2S. The molecule has 2 aliphatic rings. The van der Waals surface area contributed by atoms with Crippen molar-refractivity contribution in [2.75, 3.05) is 23.7 Å². The lowest BCUT2D eigenvalue weighted by molar-refractivity contribution is -0.128. The molecule has 1 fully saturated rings. The number of fused-ring (bicyclic) bond motifs is 3. The first-order valence-electron chi connectivity index (χ1n) is 15.2. The van der Waals surface area contributed by atoms with Gasteiger partial charge in [0.15, 0.2) is 5.82 Å². The predicted octanol–water partition coefficient (Wildman–Crippen LogP) is 6.55. The van der Waals surface area contributed by atoms with Crippen LogP contribution in [0.5, 0.6) is 0 Å². The van der Waals surface area contributed by atoms with Crippen molar-refractivity contribution in [3.63, 3.8) is 0 Å². The topological polar surface area (TPSA) is 100 Å². The average molecular weight is 658 g/mol. The molecule has 2 aliphatic heterocycles. The van der Waals surface area contributed by atoms with Crippen LogP contribution in [0.4, 0.5) is 10.2 Å². The molecule has 9 nitrogen and oxygen atoms in total. The van der Waals surface area contributed by atoms with Gasteiger partial charge in [-0.3, -0.25) is 19.4 Å². The molecule has 0 bridgehead atoms. The van der Waals surface area contributed by atoms with Gasteiger partial charge in [0.1, 0.15) is 5.82 Å². The van der Waals surface area contributed by atoms with Crippen LogP contribution in [0.15, 0.2) is 52.9 Å². The first-order valence-corrected chi connectivity index (χ1v) is 16.6. The van der Waals surface area contributed by atoms with Crippen LogP contribution in [-0.4, -0.2) is 66.5 Å². The SMILES string of the molecule is C=CC(=O)N1CC2CSc3c(Cl)c(-c4c(C)ccc5[nH]ncc45)c(F)c4c3c(nc(=O)n4-c3c(C)ccnc3C(C)C)N2CC1C. The number of hydrogen-bond acceptors (Lipinski definition) is 7. The van der Waals surface area contributed by atoms with Crippen LogP contribution in [-0.2, 0) is 4.79 Å². The van der Waals surface area contributed by atoms with E-state index in [4.69, 9.17) is 16.6 Å². The Morgan fingerprint density at radius 1 is 1.20 bits per heavy atom. The number of H-pyrrole nitrogens is 1. The number of halogens is 2. The van der Waals surface area contributed by atoms with E-state index in [9.17, 15) is 9.59 Å². The minimum Gasteiger partial charge on any atom is -0.348 e. The highest BCUT2D eigenvalue weighted by Crippen LogP contribution is 2.50. The molecule has 1 saturated heterocycles. The number of hydrogen-bond donors (Lipinski definition) is 1. The maximum absolute atomic E-state index is 17.8. The first kappa shape index (κ1) is 30.4. The van der Waals surface area contributed by atoms with Gasteiger partial charge >= 0.3 is 5.69 Å². The molecule has 2 unspecified atom stereocenters. The molecule has 0 saturated carbocycles. The lowest BCUT2D eigenvalue weighted by Gasteiger charge is -2.45. The van der Waals surface area contributed by atoms with Crippen LogP contribution in [0.1, 0.15) is 43.5 Å². The molecule has 3 aromatic heterocycles. The van der Waals surface area contributed by atoms with Gasteiger partial charge in [0.05, 0.1) is 45.1 Å². The number of amides is 1. The summed E-state index contributed by atoms with van der Waals surface area (Å²) in [7, 11) is 0. The molecular weight excluding hydrogens is 625 g/mol. The summed E-state index contributed by atoms with van der Waals surface area (Å²) >= 11 is 8.80. The highest BCUT2D eigenvalue weighted by atomic mass is 35.5. The van der Waals surface area contributed by atoms with Crippen molar-refractivity contribution < 1.29 is 9.18 Å². The number of nitrogens with one attached hydrogen (secondary N) is 1. The molecule has 7 rings (SSSR count). The standard InChI is InChI=1S/C34H33ClFN7O2S/c1-7-23(44)41-14-20-15-46-32-26-31(28(36)25(27(32)35)24-17(4)8-9-22-21(24)12-38-40-22)43(30-18(5)10-11-37-29(30)16(2)3)34(45)39-33(26)42(20)13-19(41)6/h7-12,16,19-20H,1,13-15H2,2-6H3,(H,38,40). The second-order valence-corrected chi connectivity index (χ2v) is 13.8. The Balaban J connectivity index is 1.63. The van der Waals surface area contributed by atoms with E-state index >= 15 is 4.39 Å². The van der Waals surface area contributed by atoms with Gasteiger partial charge in [-0.2, -0.15) is 10.1 Å². The lowest BCUT2D eigenvalue weighted by Crippen LogP contribution is -2.60. The van der Waals surface area contributed by atoms with Gasteiger partial charge < -0.3 is 9.80 Å². The van der Waals surface area contributed by atoms with E-state index in [0.717, 1.165) is 22.0 Å². The van der Waals surface area contributed by atoms with E-state index in [2.05, 4.69) is 21.8 Å². The summed E-state index contributed by atoms with van der Waals surface area (Å²) < 4.78 is 19.2. The Bertz CT molecular complexity index is 2160. The molecule has 0 spiro atoms. The van der Waals surface area contributed by atoms with Gasteiger partial charge in [-0.25, -0.2) is 9.18 Å². The molecule has 12 heteroatoms. The molecule has 1 amide bonds. The zero-order valence-corrected chi connectivity index (χ0v) is 27.8. The average Bonchev–Trinajstić information content (AvgIpc) is 3.45. The van der Waals surface area contributed by atoms with Crippen LogP contribution in [0.25, 0.3) is 38.6 Å². The Labute approximate surface area is 274 Å². The number of benzene rings is 2. The van der Waals surface area contributed by atoms with Crippen molar-refractivity contribution >= 4 is 56.9 Å². The van der Waals surface area contributed by atoms with E-state index in [-0.39, 0.29) is 40.0 Å². The Kier molecular flexibility index (Phi) is 7.43. The molecule has 46 heavy (non-hydrogen) atoms. The molecule has 5 aromatic rings. The summed E-state index contributed by atoms with van der Waals surface area (Å²) in [5.41, 5.74) is 3.80. The Morgan fingerprint density at radius 2 is 1.98 bits per heavy atom. The number of carbonyl (C=O) groups is 1. The largest absolute Gasteiger partial charge is 0.354 e. The van der Waals surface area contributed by atoms with Crippen LogP contribution < -0.4 is 10.6 Å². The maximum Gasteiger partial charge on any atom is 0.354 e. The van der Waals surface area contributed by atoms with Crippen LogP contribution in [0.2, 0.25) is 5.02 Å². The Morgan fingerprint density at radius 3 is 2.72 bits per heavy atom. The number of anilines is 1. The number of aromatic amines is 1. The summed E-state index contributed by atoms with van der Waals surface area (Å²) in [5.74, 6) is 0.0778. The fourth-order valence-electron chi connectivity index (χ4n) is 6.92. The predicted molar refractivity (Wildman–Crippen MR) is 182 cm³/mol. The zero-order chi connectivity index (χ0) is 32.6. The second kappa shape index (κ2) is 11.2. The number of piperazine rings is 1. The quantitative estimate of drug-likeness (QED) is 0.219. The van der Waals surface area contributed by atoms with Crippen molar-refractivity contribution in [2.24, 2.45) is 0 Å². The van der Waals surface area contributed by atoms with Crippen molar-refractivity contribution in [1.29, 1.82) is 0 Å². The molecule has 1 N–H and O–H groups in total. The molecule has 5 heterocycles. The highest BCUT2D eigenvalue weighted by Gasteiger charge is 2.40. The normalized spacial score (nSPS) is 17.9. The second-order valence-electron chi connectivity index (χ2n) is 12.4. The maximum atomic E-state index is 17.8. The molecule has 2 atom stereocenters. The molecule has 2 aromatic carbocycles. The first-order chi connectivity index (χ1) is 22.0. The fourth-order valence-corrected chi connectivity index (χ4v) is 8.56. The number of carbonyl (C=O) groups excluding carboxylic acids is 1. The minimum atomic E-state index is -0.619. The molecule has 0 aliphatic carbocycles. The number of aryl methyl sites for hydroxylation is 2. The summed E-state index contributed by atoms with van der Waals surface area (Å²) in [4.78, 5) is 41.0.